The van der Waals surface area contributed by atoms with Crippen molar-refractivity contribution in [2.45, 2.75) is 68.7 Å². The second-order valence-corrected chi connectivity index (χ2v) is 10.4. The van der Waals surface area contributed by atoms with Crippen LogP contribution in [0.4, 0.5) is 8.78 Å². The number of nitrogens with zero attached hydrogens (tertiary/aromatic N) is 2. The molecule has 0 spiro atoms. The Morgan fingerprint density at radius 3 is 2.72 bits per heavy atom. The minimum Gasteiger partial charge on any atom is -0.370 e. The lowest BCUT2D eigenvalue weighted by Crippen LogP contribution is -2.66. The third kappa shape index (κ3) is 3.95. The van der Waals surface area contributed by atoms with Gasteiger partial charge >= 0.3 is 0 Å². The molecule has 1 amide bonds. The molecule has 1 heterocycles. The van der Waals surface area contributed by atoms with Crippen LogP contribution >= 0.6 is 0 Å². The molecule has 4 aliphatic carbocycles. The van der Waals surface area contributed by atoms with E-state index in [0.717, 1.165) is 43.7 Å². The van der Waals surface area contributed by atoms with Crippen molar-refractivity contribution in [1.82, 2.24) is 10.2 Å². The molecule has 1 aromatic carbocycles. The molecule has 5 fully saturated rings. The van der Waals surface area contributed by atoms with E-state index < -0.39 is 17.7 Å². The zero-order chi connectivity index (χ0) is 22.5. The summed E-state index contributed by atoms with van der Waals surface area (Å²) in [5, 5.41) is 12.9. The number of nitrogens with one attached hydrogen (secondary N) is 1. The van der Waals surface area contributed by atoms with Gasteiger partial charge in [0.1, 0.15) is 17.7 Å². The Hall–Kier alpha value is -2.30. The van der Waals surface area contributed by atoms with Crippen molar-refractivity contribution in [3.05, 3.63) is 47.5 Å². The average molecular weight is 442 g/mol. The van der Waals surface area contributed by atoms with Crippen LogP contribution in [0.5, 0.6) is 0 Å². The molecule has 1 aliphatic heterocycles. The number of benzene rings is 1. The van der Waals surface area contributed by atoms with E-state index in [1.165, 1.54) is 18.6 Å². The number of carbonyl (C=O) groups excluding carboxylic acids is 1. The highest BCUT2D eigenvalue weighted by molar-refractivity contribution is 5.80. The van der Waals surface area contributed by atoms with Crippen molar-refractivity contribution < 1.29 is 18.3 Å². The van der Waals surface area contributed by atoms with Crippen molar-refractivity contribution in [2.24, 2.45) is 11.8 Å². The SMILES string of the molecule is C=C1C[C@@H](C#N)N(C(=O)CNC23CC4CC(C2)CC(OCc2ccc(F)cc2F)(C4)C3)C1. The van der Waals surface area contributed by atoms with Gasteiger partial charge in [-0.05, 0) is 56.4 Å². The van der Waals surface area contributed by atoms with Gasteiger partial charge in [-0.1, -0.05) is 18.2 Å². The van der Waals surface area contributed by atoms with Gasteiger partial charge in [0.2, 0.25) is 5.91 Å². The summed E-state index contributed by atoms with van der Waals surface area (Å²) in [6.07, 6.45) is 6.45. The number of hydrogen-bond donors (Lipinski definition) is 1. The van der Waals surface area contributed by atoms with Crippen molar-refractivity contribution in [2.75, 3.05) is 13.1 Å². The molecule has 2 unspecified atom stereocenters. The minimum absolute atomic E-state index is 0.0608. The highest BCUT2D eigenvalue weighted by Gasteiger charge is 2.58. The first-order valence-electron chi connectivity index (χ1n) is 11.5. The molecular weight excluding hydrogens is 412 g/mol. The third-order valence-electron chi connectivity index (χ3n) is 7.89. The van der Waals surface area contributed by atoms with Gasteiger partial charge in [0.15, 0.2) is 0 Å². The van der Waals surface area contributed by atoms with Gasteiger partial charge in [0, 0.05) is 30.1 Å². The maximum absolute atomic E-state index is 14.1. The molecule has 0 aromatic heterocycles. The molecule has 4 bridgehead atoms. The van der Waals surface area contributed by atoms with Gasteiger partial charge in [-0.25, -0.2) is 8.78 Å². The van der Waals surface area contributed by atoms with Gasteiger partial charge in [-0.2, -0.15) is 5.26 Å². The van der Waals surface area contributed by atoms with E-state index in [1.54, 1.807) is 4.90 Å². The van der Waals surface area contributed by atoms with Crippen LogP contribution < -0.4 is 5.32 Å². The molecule has 0 radical (unpaired) electrons. The third-order valence-corrected chi connectivity index (χ3v) is 7.89. The normalized spacial score (nSPS) is 35.3. The van der Waals surface area contributed by atoms with Crippen LogP contribution in [-0.4, -0.2) is 41.1 Å². The lowest BCUT2D eigenvalue weighted by molar-refractivity contribution is -0.182. The molecule has 5 nitrogen and oxygen atoms in total. The maximum Gasteiger partial charge on any atom is 0.237 e. The maximum atomic E-state index is 14.1. The second-order valence-electron chi connectivity index (χ2n) is 10.4. The van der Waals surface area contributed by atoms with E-state index in [4.69, 9.17) is 4.74 Å². The van der Waals surface area contributed by atoms with Crippen LogP contribution in [0.2, 0.25) is 0 Å². The smallest absolute Gasteiger partial charge is 0.237 e. The Morgan fingerprint density at radius 2 is 2.03 bits per heavy atom. The van der Waals surface area contributed by atoms with Crippen molar-refractivity contribution in [1.29, 1.82) is 5.26 Å². The highest BCUT2D eigenvalue weighted by Crippen LogP contribution is 2.59. The number of amides is 1. The summed E-state index contributed by atoms with van der Waals surface area (Å²) in [5.41, 5.74) is 0.786. The fraction of sp³-hybridized carbons (Fsp3) is 0.600. The number of hydrogen-bond acceptors (Lipinski definition) is 4. The monoisotopic (exact) mass is 441 g/mol. The molecule has 4 saturated carbocycles. The zero-order valence-corrected chi connectivity index (χ0v) is 18.2. The molecule has 32 heavy (non-hydrogen) atoms. The van der Waals surface area contributed by atoms with Gasteiger partial charge < -0.3 is 15.0 Å². The largest absolute Gasteiger partial charge is 0.370 e. The van der Waals surface area contributed by atoms with E-state index in [0.29, 0.717) is 30.4 Å². The zero-order valence-electron chi connectivity index (χ0n) is 18.2. The van der Waals surface area contributed by atoms with Gasteiger partial charge in [0.05, 0.1) is 24.8 Å². The predicted octanol–water partition coefficient (Wildman–Crippen LogP) is 3.84. The Labute approximate surface area is 187 Å². The molecule has 3 atom stereocenters. The number of halogens is 2. The van der Waals surface area contributed by atoms with E-state index in [-0.39, 0.29) is 30.2 Å². The van der Waals surface area contributed by atoms with Gasteiger partial charge in [0.25, 0.3) is 0 Å². The summed E-state index contributed by atoms with van der Waals surface area (Å²) in [5.74, 6) is -0.179. The average Bonchev–Trinajstić information content (AvgIpc) is 3.11. The summed E-state index contributed by atoms with van der Waals surface area (Å²) >= 11 is 0. The molecular formula is C25H29F2N3O2. The molecule has 6 rings (SSSR count). The van der Waals surface area contributed by atoms with E-state index in [1.807, 2.05) is 0 Å². The molecule has 7 heteroatoms. The summed E-state index contributed by atoms with van der Waals surface area (Å²) in [6.45, 7) is 4.71. The van der Waals surface area contributed by atoms with E-state index in [2.05, 4.69) is 18.0 Å². The Balaban J connectivity index is 1.26. The fourth-order valence-electron chi connectivity index (χ4n) is 6.97. The van der Waals surface area contributed by atoms with Crippen molar-refractivity contribution in [3.8, 4) is 6.07 Å². The molecule has 1 N–H and O–H groups in total. The number of likely N-dealkylation sites (tertiary alicyclic amines) is 1. The standard InChI is InChI=1S/C25H29F2N3O2/c1-16-4-21(11-28)30(13-16)23(31)12-29-24-7-17-5-18(8-24)10-25(9-17,15-24)32-14-19-2-3-20(26)6-22(19)27/h2-3,6,17-18,21,29H,1,4-5,7-10,12-15H2/t17?,18?,21-,24?,25?/m0/s1. The first-order chi connectivity index (χ1) is 15.3. The fourth-order valence-corrected chi connectivity index (χ4v) is 6.97. The summed E-state index contributed by atoms with van der Waals surface area (Å²) < 4.78 is 33.7. The number of rotatable bonds is 6. The molecule has 1 saturated heterocycles. The predicted molar refractivity (Wildman–Crippen MR) is 114 cm³/mol. The Morgan fingerprint density at radius 1 is 1.28 bits per heavy atom. The lowest BCUT2D eigenvalue weighted by atomic mass is 9.51. The van der Waals surface area contributed by atoms with Crippen LogP contribution in [0.1, 0.15) is 50.5 Å². The number of carbonyl (C=O) groups is 1. The first kappa shape index (κ1) is 21.5. The van der Waals surface area contributed by atoms with Crippen LogP contribution in [-0.2, 0) is 16.1 Å². The Kier molecular flexibility index (Phi) is 5.34. The van der Waals surface area contributed by atoms with Gasteiger partial charge in [-0.3, -0.25) is 4.79 Å². The Bertz CT molecular complexity index is 974. The minimum atomic E-state index is -0.589. The lowest BCUT2D eigenvalue weighted by Gasteiger charge is -2.62. The first-order valence-corrected chi connectivity index (χ1v) is 11.5. The van der Waals surface area contributed by atoms with Gasteiger partial charge in [-0.15, -0.1) is 0 Å². The molecule has 170 valence electrons. The topological polar surface area (TPSA) is 65.4 Å². The second kappa shape index (κ2) is 7.93. The van der Waals surface area contributed by atoms with E-state index in [9.17, 15) is 18.8 Å². The molecule has 5 aliphatic rings. The van der Waals surface area contributed by atoms with Crippen molar-refractivity contribution in [3.63, 3.8) is 0 Å². The van der Waals surface area contributed by atoms with Crippen LogP contribution in [0.15, 0.2) is 30.4 Å². The van der Waals surface area contributed by atoms with Crippen LogP contribution in [0, 0.1) is 34.8 Å². The van der Waals surface area contributed by atoms with Crippen LogP contribution in [0.3, 0.4) is 0 Å². The highest BCUT2D eigenvalue weighted by atomic mass is 19.1. The summed E-state index contributed by atoms with van der Waals surface area (Å²) in [6, 6.07) is 5.40. The quantitative estimate of drug-likeness (QED) is 0.682. The summed E-state index contributed by atoms with van der Waals surface area (Å²) in [7, 11) is 0. The molecule has 1 aromatic rings. The number of ether oxygens (including phenoxy) is 1. The van der Waals surface area contributed by atoms with Crippen LogP contribution in [0.25, 0.3) is 0 Å². The summed E-state index contributed by atoms with van der Waals surface area (Å²) in [4.78, 5) is 14.5. The van der Waals surface area contributed by atoms with E-state index >= 15 is 0 Å². The number of nitriles is 1. The van der Waals surface area contributed by atoms with Crippen molar-refractivity contribution >= 4 is 5.91 Å².